The molecule has 1 N–H and O–H groups in total. The molecule has 0 saturated carbocycles. The third-order valence-corrected chi connectivity index (χ3v) is 5.68. The lowest BCUT2D eigenvalue weighted by atomic mass is 10.2. The fourth-order valence-electron chi connectivity index (χ4n) is 3.16. The molecule has 7 heteroatoms. The monoisotopic (exact) mass is 372 g/mol. The van der Waals surface area contributed by atoms with Gasteiger partial charge in [0.2, 0.25) is 0 Å². The summed E-state index contributed by atoms with van der Waals surface area (Å²) in [5, 5.41) is 3.45. The Bertz CT molecular complexity index is 767. The topological polar surface area (TPSA) is 58.3 Å². The second kappa shape index (κ2) is 8.12. The van der Waals surface area contributed by atoms with E-state index in [4.69, 9.17) is 4.99 Å². The summed E-state index contributed by atoms with van der Waals surface area (Å²) in [6, 6.07) is 4.05. The van der Waals surface area contributed by atoms with E-state index < -0.39 is 0 Å². The van der Waals surface area contributed by atoms with Crippen molar-refractivity contribution in [3.63, 3.8) is 0 Å². The Morgan fingerprint density at radius 1 is 1.35 bits per heavy atom. The number of aryl methyl sites for hydroxylation is 1. The maximum Gasteiger partial charge on any atom is 0.194 e. The highest BCUT2D eigenvalue weighted by atomic mass is 32.2. The Morgan fingerprint density at radius 2 is 2.19 bits per heavy atom. The van der Waals surface area contributed by atoms with Crippen molar-refractivity contribution in [3.05, 3.63) is 42.1 Å². The van der Waals surface area contributed by atoms with Crippen LogP contribution in [0.5, 0.6) is 0 Å². The predicted molar refractivity (Wildman–Crippen MR) is 109 cm³/mol. The van der Waals surface area contributed by atoms with Crippen LogP contribution in [-0.4, -0.2) is 55.5 Å². The number of thioether (sulfide) groups is 1. The summed E-state index contributed by atoms with van der Waals surface area (Å²) >= 11 is 2.03. The predicted octanol–water partition coefficient (Wildman–Crippen LogP) is 2.87. The lowest BCUT2D eigenvalue weighted by molar-refractivity contribution is 0.376. The average Bonchev–Trinajstić information content (AvgIpc) is 3.04. The van der Waals surface area contributed by atoms with Crippen molar-refractivity contribution < 1.29 is 0 Å². The highest BCUT2D eigenvalue weighted by Gasteiger charge is 2.28. The van der Waals surface area contributed by atoms with Crippen LogP contribution in [0.1, 0.15) is 32.2 Å². The fraction of sp³-hybridized carbons (Fsp3) is 0.526. The van der Waals surface area contributed by atoms with E-state index in [1.165, 1.54) is 0 Å². The van der Waals surface area contributed by atoms with Crippen LogP contribution < -0.4 is 5.32 Å². The summed E-state index contributed by atoms with van der Waals surface area (Å²) in [6.45, 7) is 12.2. The third-order valence-electron chi connectivity index (χ3n) is 4.38. The van der Waals surface area contributed by atoms with Gasteiger partial charge in [-0.3, -0.25) is 4.57 Å². The molecular weight excluding hydrogens is 344 g/mol. The number of nitrogens with zero attached hydrogens (tertiary/aromatic N) is 5. The number of hydrogen-bond acceptors (Lipinski definition) is 4. The zero-order valence-electron chi connectivity index (χ0n) is 16.1. The second-order valence-corrected chi connectivity index (χ2v) is 8.83. The van der Waals surface area contributed by atoms with Gasteiger partial charge in [-0.2, -0.15) is 11.8 Å². The quantitative estimate of drug-likeness (QED) is 0.661. The minimum atomic E-state index is 0.252. The number of hydrogen-bond donors (Lipinski definition) is 1. The number of aromatic nitrogens is 3. The molecule has 3 heterocycles. The lowest BCUT2D eigenvalue weighted by Gasteiger charge is -2.39. The molecule has 1 aliphatic heterocycles. The zero-order valence-corrected chi connectivity index (χ0v) is 16.9. The number of rotatable bonds is 4. The molecule has 0 amide bonds. The summed E-state index contributed by atoms with van der Waals surface area (Å²) < 4.78 is 2.26. The number of aliphatic imine (C=N–C) groups is 1. The second-order valence-electron chi connectivity index (χ2n) is 7.03. The first-order chi connectivity index (χ1) is 12.5. The van der Waals surface area contributed by atoms with Crippen LogP contribution in [0.4, 0.5) is 0 Å². The smallest absolute Gasteiger partial charge is 0.194 e. The van der Waals surface area contributed by atoms with Gasteiger partial charge in [-0.05, 0) is 33.8 Å². The van der Waals surface area contributed by atoms with Crippen LogP contribution in [-0.2, 0) is 6.54 Å². The molecule has 1 saturated heterocycles. The molecule has 0 radical (unpaired) electrons. The molecular formula is C19H28N6S. The van der Waals surface area contributed by atoms with Crippen LogP contribution in [0, 0.1) is 6.92 Å². The molecule has 1 aliphatic rings. The Balaban J connectivity index is 1.84. The molecule has 0 aromatic carbocycles. The largest absolute Gasteiger partial charge is 0.357 e. The third kappa shape index (κ3) is 4.38. The molecule has 0 aliphatic carbocycles. The molecule has 0 unspecified atom stereocenters. The van der Waals surface area contributed by atoms with Crippen LogP contribution in [0.2, 0.25) is 0 Å². The van der Waals surface area contributed by atoms with E-state index in [-0.39, 0.29) is 4.75 Å². The maximum atomic E-state index is 4.92. The Kier molecular flexibility index (Phi) is 5.86. The average molecular weight is 373 g/mol. The minimum absolute atomic E-state index is 0.252. The Morgan fingerprint density at radius 3 is 2.88 bits per heavy atom. The number of imidazole rings is 1. The van der Waals surface area contributed by atoms with Crippen molar-refractivity contribution in [3.8, 4) is 5.82 Å². The number of nitrogens with one attached hydrogen (secondary N) is 1. The van der Waals surface area contributed by atoms with E-state index in [2.05, 4.69) is 47.0 Å². The van der Waals surface area contributed by atoms with E-state index in [1.807, 2.05) is 41.7 Å². The fourth-order valence-corrected chi connectivity index (χ4v) is 4.27. The van der Waals surface area contributed by atoms with Gasteiger partial charge in [0.05, 0.1) is 6.54 Å². The van der Waals surface area contributed by atoms with Crippen molar-refractivity contribution in [1.82, 2.24) is 24.8 Å². The van der Waals surface area contributed by atoms with Gasteiger partial charge < -0.3 is 10.2 Å². The van der Waals surface area contributed by atoms with E-state index in [0.717, 1.165) is 48.6 Å². The molecule has 140 valence electrons. The normalized spacial score (nSPS) is 17.4. The number of guanidine groups is 1. The summed E-state index contributed by atoms with van der Waals surface area (Å²) in [7, 11) is 0. The SMILES string of the molecule is CCNC(=NCc1cccnc1-n1ccnc1C)N1CCSC(C)(C)C1. The van der Waals surface area contributed by atoms with Gasteiger partial charge in [-0.1, -0.05) is 6.07 Å². The standard InChI is InChI=1S/C19H28N6S/c1-5-20-18(24-11-12-26-19(3,4)14-24)23-13-16-7-6-8-22-17(16)25-10-9-21-15(25)2/h6-10H,5,11-14H2,1-4H3,(H,20,23). The van der Waals surface area contributed by atoms with E-state index in [1.54, 1.807) is 6.20 Å². The van der Waals surface area contributed by atoms with Crippen molar-refractivity contribution in [2.45, 2.75) is 39.0 Å². The highest BCUT2D eigenvalue weighted by molar-refractivity contribution is 8.00. The molecule has 0 atom stereocenters. The van der Waals surface area contributed by atoms with E-state index >= 15 is 0 Å². The molecule has 0 bridgehead atoms. The first kappa shape index (κ1) is 18.8. The summed E-state index contributed by atoms with van der Waals surface area (Å²) in [6.07, 6.45) is 5.56. The molecule has 2 aromatic heterocycles. The van der Waals surface area contributed by atoms with Gasteiger partial charge in [0, 0.05) is 54.3 Å². The molecule has 0 spiro atoms. The first-order valence-electron chi connectivity index (χ1n) is 9.11. The van der Waals surface area contributed by atoms with Gasteiger partial charge in [0.15, 0.2) is 5.96 Å². The Labute approximate surface area is 160 Å². The summed E-state index contributed by atoms with van der Waals surface area (Å²) in [4.78, 5) is 16.2. The van der Waals surface area contributed by atoms with Crippen LogP contribution >= 0.6 is 11.8 Å². The van der Waals surface area contributed by atoms with Crippen LogP contribution in [0.3, 0.4) is 0 Å². The van der Waals surface area contributed by atoms with Crippen molar-refractivity contribution in [1.29, 1.82) is 0 Å². The van der Waals surface area contributed by atoms with E-state index in [9.17, 15) is 0 Å². The van der Waals surface area contributed by atoms with Gasteiger partial charge in [-0.15, -0.1) is 0 Å². The molecule has 2 aromatic rings. The van der Waals surface area contributed by atoms with E-state index in [0.29, 0.717) is 6.54 Å². The van der Waals surface area contributed by atoms with Gasteiger partial charge >= 0.3 is 0 Å². The van der Waals surface area contributed by atoms with Crippen LogP contribution in [0.25, 0.3) is 5.82 Å². The Hall–Kier alpha value is -2.02. The van der Waals surface area contributed by atoms with Crippen LogP contribution in [0.15, 0.2) is 35.7 Å². The summed E-state index contributed by atoms with van der Waals surface area (Å²) in [5.74, 6) is 3.94. The lowest BCUT2D eigenvalue weighted by Crippen LogP contribution is -2.50. The van der Waals surface area contributed by atoms with Gasteiger partial charge in [-0.25, -0.2) is 15.0 Å². The van der Waals surface area contributed by atoms with Crippen molar-refractivity contribution >= 4 is 17.7 Å². The molecule has 26 heavy (non-hydrogen) atoms. The van der Waals surface area contributed by atoms with Gasteiger partial charge in [0.1, 0.15) is 11.6 Å². The number of pyridine rings is 1. The highest BCUT2D eigenvalue weighted by Crippen LogP contribution is 2.29. The van der Waals surface area contributed by atoms with Crippen molar-refractivity contribution in [2.75, 3.05) is 25.4 Å². The minimum Gasteiger partial charge on any atom is -0.357 e. The maximum absolute atomic E-state index is 4.92. The first-order valence-corrected chi connectivity index (χ1v) is 10.1. The molecule has 3 rings (SSSR count). The van der Waals surface area contributed by atoms with Gasteiger partial charge in [0.25, 0.3) is 0 Å². The molecule has 6 nitrogen and oxygen atoms in total. The zero-order chi connectivity index (χ0) is 18.6. The molecule has 1 fully saturated rings. The van der Waals surface area contributed by atoms with Crippen molar-refractivity contribution in [2.24, 2.45) is 4.99 Å². The summed E-state index contributed by atoms with van der Waals surface area (Å²) in [5.41, 5.74) is 1.09.